The number of amides is 1. The fourth-order valence-electron chi connectivity index (χ4n) is 2.84. The second-order valence-corrected chi connectivity index (χ2v) is 4.90. The van der Waals surface area contributed by atoms with Gasteiger partial charge in [0.2, 0.25) is 5.91 Å². The molecule has 2 aliphatic rings. The van der Waals surface area contributed by atoms with Gasteiger partial charge < -0.3 is 15.7 Å². The predicted molar refractivity (Wildman–Crippen MR) is 66.9 cm³/mol. The number of carboxylic acid groups (broad SMARTS) is 1. The fraction of sp³-hybridized carbons (Fsp3) is 0.385. The molecule has 0 radical (unpaired) electrons. The smallest absolute Gasteiger partial charge is 0.337 e. The molecule has 1 aromatic carbocycles. The second-order valence-electron chi connectivity index (χ2n) is 4.90. The van der Waals surface area contributed by atoms with Gasteiger partial charge >= 0.3 is 5.97 Å². The van der Waals surface area contributed by atoms with Crippen LogP contribution in [0.4, 0.5) is 11.4 Å². The normalized spacial score (nSPS) is 20.1. The summed E-state index contributed by atoms with van der Waals surface area (Å²) in [5.41, 5.74) is 0.682. The van der Waals surface area contributed by atoms with E-state index < -0.39 is 11.5 Å². The molecule has 0 aromatic heterocycles. The Hall–Kier alpha value is -2.04. The molecular formula is C13H14N2O3. The largest absolute Gasteiger partial charge is 0.478 e. The first-order valence-electron chi connectivity index (χ1n) is 6.08. The van der Waals surface area contributed by atoms with Gasteiger partial charge in [0.1, 0.15) is 5.54 Å². The van der Waals surface area contributed by atoms with Crippen LogP contribution in [0.15, 0.2) is 18.2 Å². The lowest BCUT2D eigenvalue weighted by atomic mass is 9.92. The summed E-state index contributed by atoms with van der Waals surface area (Å²) in [6, 6.07) is 4.90. The molecule has 0 saturated heterocycles. The number of carbonyl (C=O) groups excluding carboxylic acids is 1. The van der Waals surface area contributed by atoms with E-state index in [1.54, 1.807) is 18.2 Å². The van der Waals surface area contributed by atoms with E-state index in [9.17, 15) is 14.7 Å². The number of nitrogens with one attached hydrogen (secondary N) is 2. The van der Waals surface area contributed by atoms with Gasteiger partial charge in [-0.15, -0.1) is 0 Å². The number of hydrogen-bond donors (Lipinski definition) is 3. The quantitative estimate of drug-likeness (QED) is 0.708. The molecule has 1 fully saturated rings. The zero-order chi connectivity index (χ0) is 12.8. The highest BCUT2D eigenvalue weighted by Gasteiger charge is 2.44. The van der Waals surface area contributed by atoms with Gasteiger partial charge in [0.15, 0.2) is 0 Å². The maximum absolute atomic E-state index is 12.1. The van der Waals surface area contributed by atoms with Gasteiger partial charge in [-0.25, -0.2) is 4.79 Å². The number of para-hydroxylation sites is 1. The zero-order valence-corrected chi connectivity index (χ0v) is 9.82. The fourth-order valence-corrected chi connectivity index (χ4v) is 2.84. The van der Waals surface area contributed by atoms with E-state index in [1.807, 2.05) is 0 Å². The summed E-state index contributed by atoms with van der Waals surface area (Å²) in [5, 5.41) is 15.2. The lowest BCUT2D eigenvalue weighted by Crippen LogP contribution is -2.50. The van der Waals surface area contributed by atoms with Crippen molar-refractivity contribution in [1.82, 2.24) is 0 Å². The number of carboxylic acids is 1. The van der Waals surface area contributed by atoms with Crippen LogP contribution in [0.5, 0.6) is 0 Å². The van der Waals surface area contributed by atoms with Crippen molar-refractivity contribution in [3.05, 3.63) is 23.8 Å². The van der Waals surface area contributed by atoms with Gasteiger partial charge in [-0.05, 0) is 25.0 Å². The third-order valence-corrected chi connectivity index (χ3v) is 3.80. The third-order valence-electron chi connectivity index (χ3n) is 3.80. The summed E-state index contributed by atoms with van der Waals surface area (Å²) in [6.07, 6.45) is 3.49. The molecule has 1 spiro atoms. The number of fused-ring (bicyclic) bond motifs is 1. The number of aromatic carboxylic acids is 1. The molecule has 1 aliphatic carbocycles. The molecule has 5 heteroatoms. The molecule has 1 heterocycles. The highest BCUT2D eigenvalue weighted by molar-refractivity contribution is 6.10. The Balaban J connectivity index is 2.09. The summed E-state index contributed by atoms with van der Waals surface area (Å²) in [7, 11) is 0. The Morgan fingerprint density at radius 2 is 2.00 bits per heavy atom. The van der Waals surface area contributed by atoms with Crippen molar-refractivity contribution in [2.24, 2.45) is 0 Å². The molecule has 0 atom stereocenters. The first-order chi connectivity index (χ1) is 8.62. The molecule has 3 N–H and O–H groups in total. The molecule has 3 rings (SSSR count). The van der Waals surface area contributed by atoms with Crippen molar-refractivity contribution in [1.29, 1.82) is 0 Å². The molecule has 1 aromatic rings. The molecule has 5 nitrogen and oxygen atoms in total. The van der Waals surface area contributed by atoms with Crippen LogP contribution in [-0.4, -0.2) is 22.5 Å². The lowest BCUT2D eigenvalue weighted by molar-refractivity contribution is -0.120. The van der Waals surface area contributed by atoms with Crippen molar-refractivity contribution in [2.75, 3.05) is 10.6 Å². The Labute approximate surface area is 104 Å². The minimum absolute atomic E-state index is 0.0463. The van der Waals surface area contributed by atoms with Gasteiger partial charge in [0.25, 0.3) is 0 Å². The SMILES string of the molecule is O=C(O)c1cccc2c1NC1(CCCC1)C(=O)N2. The van der Waals surface area contributed by atoms with E-state index in [4.69, 9.17) is 0 Å². The van der Waals surface area contributed by atoms with Gasteiger partial charge in [-0.2, -0.15) is 0 Å². The van der Waals surface area contributed by atoms with Crippen molar-refractivity contribution < 1.29 is 14.7 Å². The van der Waals surface area contributed by atoms with Crippen LogP contribution in [0.2, 0.25) is 0 Å². The first-order valence-corrected chi connectivity index (χ1v) is 6.08. The van der Waals surface area contributed by atoms with Gasteiger partial charge in [-0.3, -0.25) is 4.79 Å². The van der Waals surface area contributed by atoms with Crippen LogP contribution in [0.3, 0.4) is 0 Å². The molecule has 0 unspecified atom stereocenters. The van der Waals surface area contributed by atoms with Crippen molar-refractivity contribution >= 4 is 23.3 Å². The van der Waals surface area contributed by atoms with E-state index >= 15 is 0 Å². The third kappa shape index (κ3) is 1.47. The number of anilines is 2. The minimum atomic E-state index is -0.983. The van der Waals surface area contributed by atoms with Crippen molar-refractivity contribution in [3.8, 4) is 0 Å². The number of benzene rings is 1. The molecule has 1 amide bonds. The standard InChI is InChI=1S/C13H14N2O3/c16-11(17)8-4-3-5-9-10(8)15-13(12(18)14-9)6-1-2-7-13/h3-5,15H,1-2,6-7H2,(H,14,18)(H,16,17). The van der Waals surface area contributed by atoms with E-state index in [0.29, 0.717) is 11.4 Å². The van der Waals surface area contributed by atoms with Crippen LogP contribution in [0, 0.1) is 0 Å². The average molecular weight is 246 g/mol. The van der Waals surface area contributed by atoms with Gasteiger partial charge in [0.05, 0.1) is 16.9 Å². The average Bonchev–Trinajstić information content (AvgIpc) is 2.79. The molecule has 0 bridgehead atoms. The van der Waals surface area contributed by atoms with E-state index in [-0.39, 0.29) is 11.5 Å². The summed E-state index contributed by atoms with van der Waals surface area (Å²) in [5.74, 6) is -1.03. The minimum Gasteiger partial charge on any atom is -0.478 e. The van der Waals surface area contributed by atoms with Crippen LogP contribution < -0.4 is 10.6 Å². The topological polar surface area (TPSA) is 78.4 Å². The number of carbonyl (C=O) groups is 2. The Kier molecular flexibility index (Phi) is 2.29. The highest BCUT2D eigenvalue weighted by atomic mass is 16.4. The van der Waals surface area contributed by atoms with E-state index in [2.05, 4.69) is 10.6 Å². The van der Waals surface area contributed by atoms with E-state index in [0.717, 1.165) is 25.7 Å². The van der Waals surface area contributed by atoms with Crippen LogP contribution >= 0.6 is 0 Å². The van der Waals surface area contributed by atoms with Crippen molar-refractivity contribution in [2.45, 2.75) is 31.2 Å². The van der Waals surface area contributed by atoms with E-state index in [1.165, 1.54) is 0 Å². The Morgan fingerprint density at radius 3 is 2.67 bits per heavy atom. The summed E-state index contributed by atoms with van der Waals surface area (Å²) < 4.78 is 0. The van der Waals surface area contributed by atoms with Gasteiger partial charge in [-0.1, -0.05) is 18.9 Å². The maximum Gasteiger partial charge on any atom is 0.337 e. The van der Waals surface area contributed by atoms with Crippen molar-refractivity contribution in [3.63, 3.8) is 0 Å². The number of hydrogen-bond acceptors (Lipinski definition) is 3. The Bertz CT molecular complexity index is 533. The lowest BCUT2D eigenvalue weighted by Gasteiger charge is -2.36. The zero-order valence-electron chi connectivity index (χ0n) is 9.82. The number of rotatable bonds is 1. The first kappa shape index (κ1) is 11.1. The highest BCUT2D eigenvalue weighted by Crippen LogP contribution is 2.41. The molecule has 94 valence electrons. The summed E-state index contributed by atoms with van der Waals surface area (Å²) in [6.45, 7) is 0. The maximum atomic E-state index is 12.1. The summed E-state index contributed by atoms with van der Waals surface area (Å²) in [4.78, 5) is 23.3. The van der Waals surface area contributed by atoms with Crippen LogP contribution in [0.25, 0.3) is 0 Å². The molecular weight excluding hydrogens is 232 g/mol. The second kappa shape index (κ2) is 3.73. The summed E-state index contributed by atoms with van der Waals surface area (Å²) >= 11 is 0. The van der Waals surface area contributed by atoms with Crippen LogP contribution in [-0.2, 0) is 4.79 Å². The monoisotopic (exact) mass is 246 g/mol. The predicted octanol–water partition coefficient (Wildman–Crippen LogP) is 2.06. The van der Waals surface area contributed by atoms with Crippen LogP contribution in [0.1, 0.15) is 36.0 Å². The molecule has 1 saturated carbocycles. The molecule has 18 heavy (non-hydrogen) atoms. The van der Waals surface area contributed by atoms with Gasteiger partial charge in [0, 0.05) is 0 Å². The Morgan fingerprint density at radius 1 is 1.28 bits per heavy atom. The molecule has 1 aliphatic heterocycles.